The lowest BCUT2D eigenvalue weighted by Crippen LogP contribution is -2.70. The normalized spacial score (nSPS) is 25.9. The summed E-state index contributed by atoms with van der Waals surface area (Å²) >= 11 is 0. The first-order valence-electron chi connectivity index (χ1n) is 21.5. The van der Waals surface area contributed by atoms with Gasteiger partial charge >= 0.3 is 6.09 Å². The van der Waals surface area contributed by atoms with Gasteiger partial charge in [0.25, 0.3) is 0 Å². The SMILES string of the molecule is C=CCO[C@@]12Oc3ccc(Oc4cccc(C=O)c4)cc3[C@H]3[C@H](CCCCO)[C@@H](CCCCO)C=C(C(=NOC4CCCCO4)C[C@@H]1N(Cc1ccc(F)cc1)C(=O)OC)[C@H]32. The van der Waals surface area contributed by atoms with Crippen LogP contribution >= 0.6 is 0 Å². The number of fused-ring (bicyclic) bond motifs is 2. The molecule has 0 radical (unpaired) electrons. The highest BCUT2D eigenvalue weighted by Gasteiger charge is 2.65. The number of aldehydes is 1. The molecule has 0 aromatic heterocycles. The van der Waals surface area contributed by atoms with Gasteiger partial charge in [0, 0.05) is 49.6 Å². The van der Waals surface area contributed by atoms with Crippen LogP contribution in [0.2, 0.25) is 0 Å². The van der Waals surface area contributed by atoms with Gasteiger partial charge in [0.05, 0.1) is 32.0 Å². The van der Waals surface area contributed by atoms with Crippen LogP contribution in [0.5, 0.6) is 17.2 Å². The van der Waals surface area contributed by atoms with Crippen LogP contribution in [0.1, 0.15) is 91.6 Å². The number of oxime groups is 1. The molecule has 0 bridgehead atoms. The third kappa shape index (κ3) is 9.86. The molecule has 0 spiro atoms. The molecule has 4 aliphatic rings. The van der Waals surface area contributed by atoms with Crippen molar-refractivity contribution in [3.8, 4) is 17.2 Å². The van der Waals surface area contributed by atoms with Gasteiger partial charge in [-0.25, -0.2) is 9.18 Å². The fraction of sp³-hybridized carbons (Fsp3) is 0.479. The maximum Gasteiger partial charge on any atom is 0.410 e. The molecular weight excluding hydrogens is 784 g/mol. The average Bonchev–Trinajstić information content (AvgIpc) is 3.29. The number of aliphatic hydroxyl groups excluding tert-OH is 2. The molecule has 2 aliphatic heterocycles. The molecule has 1 saturated carbocycles. The highest BCUT2D eigenvalue weighted by Crippen LogP contribution is 2.62. The number of rotatable bonds is 19. The zero-order valence-corrected chi connectivity index (χ0v) is 34.8. The molecule has 3 aromatic rings. The minimum Gasteiger partial charge on any atom is -0.459 e. The maximum absolute atomic E-state index is 14.2. The Hall–Kier alpha value is -5.08. The van der Waals surface area contributed by atoms with Crippen LogP contribution in [0.3, 0.4) is 0 Å². The molecule has 7 atom stereocenters. The predicted octanol–water partition coefficient (Wildman–Crippen LogP) is 8.86. The van der Waals surface area contributed by atoms with Gasteiger partial charge in [-0.05, 0) is 104 Å². The van der Waals surface area contributed by atoms with Crippen molar-refractivity contribution in [2.75, 3.05) is 33.5 Å². The number of hydrogen-bond donors (Lipinski definition) is 2. The number of carbonyl (C=O) groups is 2. The van der Waals surface area contributed by atoms with Crippen LogP contribution in [-0.4, -0.2) is 84.9 Å². The molecule has 3 aromatic carbocycles. The fourth-order valence-electron chi connectivity index (χ4n) is 9.62. The van der Waals surface area contributed by atoms with E-state index in [4.69, 9.17) is 33.7 Å². The number of amides is 1. The molecule has 7 rings (SSSR count). The number of hydrogen-bond acceptors (Lipinski definition) is 11. The molecule has 12 nitrogen and oxygen atoms in total. The Balaban J connectivity index is 1.45. The Morgan fingerprint density at radius 2 is 1.80 bits per heavy atom. The van der Waals surface area contributed by atoms with E-state index in [1.54, 1.807) is 47.4 Å². The van der Waals surface area contributed by atoms with Crippen molar-refractivity contribution in [3.63, 3.8) is 0 Å². The second-order valence-corrected chi connectivity index (χ2v) is 16.2. The largest absolute Gasteiger partial charge is 0.459 e. The summed E-state index contributed by atoms with van der Waals surface area (Å²) in [6, 6.07) is 17.7. The van der Waals surface area contributed by atoms with Gasteiger partial charge < -0.3 is 38.7 Å². The molecule has 326 valence electrons. The van der Waals surface area contributed by atoms with Gasteiger partial charge in [-0.3, -0.25) is 9.69 Å². The summed E-state index contributed by atoms with van der Waals surface area (Å²) in [5.74, 6) is -1.23. The third-order valence-electron chi connectivity index (χ3n) is 12.3. The van der Waals surface area contributed by atoms with E-state index in [1.165, 1.54) is 19.2 Å². The van der Waals surface area contributed by atoms with Crippen molar-refractivity contribution in [1.82, 2.24) is 4.90 Å². The van der Waals surface area contributed by atoms with Crippen LogP contribution in [0.15, 0.2) is 96.2 Å². The Bertz CT molecular complexity index is 2030. The summed E-state index contributed by atoms with van der Waals surface area (Å²) in [7, 11) is 1.32. The topological polar surface area (TPSA) is 146 Å². The minimum atomic E-state index is -1.53. The lowest BCUT2D eigenvalue weighted by Gasteiger charge is -2.59. The molecule has 1 unspecified atom stereocenters. The third-order valence-corrected chi connectivity index (χ3v) is 12.3. The van der Waals surface area contributed by atoms with Crippen molar-refractivity contribution in [2.24, 2.45) is 22.9 Å². The highest BCUT2D eigenvalue weighted by molar-refractivity contribution is 6.03. The number of carbonyl (C=O) groups excluding carboxylic acids is 2. The molecule has 2 heterocycles. The zero-order valence-electron chi connectivity index (χ0n) is 34.8. The Labute approximate surface area is 356 Å². The van der Waals surface area contributed by atoms with E-state index in [1.807, 2.05) is 18.2 Å². The van der Waals surface area contributed by atoms with E-state index >= 15 is 0 Å². The van der Waals surface area contributed by atoms with Crippen molar-refractivity contribution < 1.29 is 52.7 Å². The van der Waals surface area contributed by atoms with Crippen molar-refractivity contribution in [2.45, 2.75) is 94.8 Å². The summed E-state index contributed by atoms with van der Waals surface area (Å²) in [6.45, 7) is 4.81. The molecular formula is C48H57FN2O10. The fourth-order valence-corrected chi connectivity index (χ4v) is 9.62. The Morgan fingerprint density at radius 1 is 1.02 bits per heavy atom. The number of ether oxygens (including phenoxy) is 5. The van der Waals surface area contributed by atoms with Crippen molar-refractivity contribution in [3.05, 3.63) is 114 Å². The van der Waals surface area contributed by atoms with Crippen LogP contribution in [0.4, 0.5) is 9.18 Å². The van der Waals surface area contributed by atoms with E-state index in [9.17, 15) is 24.2 Å². The molecule has 1 saturated heterocycles. The molecule has 1 amide bonds. The van der Waals surface area contributed by atoms with E-state index in [0.717, 1.165) is 55.9 Å². The molecule has 2 fully saturated rings. The van der Waals surface area contributed by atoms with Gasteiger partial charge in [0.1, 0.15) is 35.4 Å². The number of aliphatic hydroxyl groups is 2. The maximum atomic E-state index is 14.2. The van der Waals surface area contributed by atoms with Gasteiger partial charge in [0.15, 0.2) is 0 Å². The Morgan fingerprint density at radius 3 is 2.52 bits per heavy atom. The molecule has 2 N–H and O–H groups in total. The van der Waals surface area contributed by atoms with Gasteiger partial charge in [-0.1, -0.05) is 54.4 Å². The summed E-state index contributed by atoms with van der Waals surface area (Å²) in [5, 5.41) is 24.7. The van der Waals surface area contributed by atoms with Gasteiger partial charge in [-0.15, -0.1) is 6.58 Å². The number of allylic oxidation sites excluding steroid dienone is 1. The average molecular weight is 841 g/mol. The summed E-state index contributed by atoms with van der Waals surface area (Å²) in [4.78, 5) is 33.6. The first kappa shape index (κ1) is 44.0. The first-order chi connectivity index (χ1) is 29.8. The van der Waals surface area contributed by atoms with Gasteiger partial charge in [-0.2, -0.15) is 0 Å². The lowest BCUT2D eigenvalue weighted by atomic mass is 9.55. The van der Waals surface area contributed by atoms with E-state index in [-0.39, 0.29) is 50.5 Å². The number of methoxy groups -OCH3 is 1. The smallest absolute Gasteiger partial charge is 0.410 e. The van der Waals surface area contributed by atoms with Crippen LogP contribution in [0.25, 0.3) is 0 Å². The zero-order chi connectivity index (χ0) is 42.8. The quantitative estimate of drug-likeness (QED) is 0.0520. The van der Waals surface area contributed by atoms with Crippen LogP contribution in [0, 0.1) is 23.6 Å². The minimum absolute atomic E-state index is 0.0157. The van der Waals surface area contributed by atoms with Crippen molar-refractivity contribution in [1.29, 1.82) is 0 Å². The van der Waals surface area contributed by atoms with E-state index in [2.05, 4.69) is 12.7 Å². The van der Waals surface area contributed by atoms with Crippen LogP contribution in [-0.2, 0) is 25.6 Å². The molecule has 2 aliphatic carbocycles. The lowest BCUT2D eigenvalue weighted by molar-refractivity contribution is -0.256. The summed E-state index contributed by atoms with van der Waals surface area (Å²) in [5.41, 5.74) is 3.51. The van der Waals surface area contributed by atoms with Crippen LogP contribution < -0.4 is 9.47 Å². The van der Waals surface area contributed by atoms with E-state index < -0.39 is 35.9 Å². The number of unbranched alkanes of at least 4 members (excludes halogenated alkanes) is 2. The molecule has 13 heteroatoms. The second-order valence-electron chi connectivity index (χ2n) is 16.2. The highest BCUT2D eigenvalue weighted by atomic mass is 19.1. The first-order valence-corrected chi connectivity index (χ1v) is 21.5. The van der Waals surface area contributed by atoms with E-state index in [0.29, 0.717) is 60.0 Å². The van der Waals surface area contributed by atoms with Gasteiger partial charge in [0.2, 0.25) is 12.1 Å². The van der Waals surface area contributed by atoms with Crippen molar-refractivity contribution >= 4 is 18.1 Å². The predicted molar refractivity (Wildman–Crippen MR) is 226 cm³/mol. The number of benzene rings is 3. The number of halogens is 1. The standard InChI is InChI=1S/C48H57FN2O10/c1-3-24-58-48-43(51(47(55)56-2)30-32-16-18-35(49)19-17-32)29-41(50-61-44-15-6-9-25-57-44)39-27-34(12-4-7-22-52)38(14-5-8-23-53)45(46(39)48)40-28-37(20-21-42(40)60-48)59-36-13-10-11-33(26-36)31-54/h3,10-11,13,16-21,26-28,31,34,38,43-46,52-53H,1,4-9,12,14-15,22-25,29-30H2,2H3/t34-,38+,43-,44?,45+,46+,48+/m0/s1. The number of nitrogens with zero attached hydrogens (tertiary/aromatic N) is 2. The summed E-state index contributed by atoms with van der Waals surface area (Å²) in [6.07, 6.45) is 10.6. The monoisotopic (exact) mass is 840 g/mol. The second kappa shape index (κ2) is 20.7. The Kier molecular flexibility index (Phi) is 14.9. The molecule has 61 heavy (non-hydrogen) atoms. The summed E-state index contributed by atoms with van der Waals surface area (Å²) < 4.78 is 46.3.